The predicted octanol–water partition coefficient (Wildman–Crippen LogP) is 4.90. The van der Waals surface area contributed by atoms with Gasteiger partial charge in [-0.1, -0.05) is 43.9 Å². The SMILES string of the molecule is Clc1oc2ccccc2c1CNC1CCCCCC1. The number of furan rings is 1. The second-order valence-corrected chi connectivity index (χ2v) is 5.76. The van der Waals surface area contributed by atoms with Gasteiger partial charge in [0.25, 0.3) is 0 Å². The summed E-state index contributed by atoms with van der Waals surface area (Å²) in [5.74, 6) is 0. The first-order valence-corrected chi connectivity index (χ1v) is 7.61. The molecule has 19 heavy (non-hydrogen) atoms. The number of benzene rings is 1. The Balaban J connectivity index is 1.72. The van der Waals surface area contributed by atoms with Crippen LogP contribution in [0.1, 0.15) is 44.1 Å². The van der Waals surface area contributed by atoms with Crippen molar-refractivity contribution in [3.05, 3.63) is 35.0 Å². The van der Waals surface area contributed by atoms with E-state index in [1.807, 2.05) is 18.2 Å². The number of rotatable bonds is 3. The van der Waals surface area contributed by atoms with E-state index >= 15 is 0 Å². The van der Waals surface area contributed by atoms with Crippen molar-refractivity contribution in [3.63, 3.8) is 0 Å². The molecule has 1 aliphatic rings. The maximum absolute atomic E-state index is 6.21. The zero-order valence-electron chi connectivity index (χ0n) is 11.1. The topological polar surface area (TPSA) is 25.2 Å². The van der Waals surface area contributed by atoms with Crippen LogP contribution in [0.5, 0.6) is 0 Å². The summed E-state index contributed by atoms with van der Waals surface area (Å²) in [4.78, 5) is 0. The van der Waals surface area contributed by atoms with Gasteiger partial charge in [-0.2, -0.15) is 0 Å². The molecule has 2 aromatic rings. The monoisotopic (exact) mass is 277 g/mol. The Kier molecular flexibility index (Phi) is 4.09. The number of hydrogen-bond donors (Lipinski definition) is 1. The Morgan fingerprint density at radius 3 is 2.63 bits per heavy atom. The number of halogens is 1. The molecule has 0 aliphatic heterocycles. The summed E-state index contributed by atoms with van der Waals surface area (Å²) in [6.07, 6.45) is 8.02. The lowest BCUT2D eigenvalue weighted by atomic mass is 10.1. The Morgan fingerprint density at radius 1 is 1.11 bits per heavy atom. The van der Waals surface area contributed by atoms with Gasteiger partial charge in [-0.05, 0) is 30.5 Å². The van der Waals surface area contributed by atoms with Gasteiger partial charge in [0.15, 0.2) is 5.22 Å². The Morgan fingerprint density at radius 2 is 1.84 bits per heavy atom. The summed E-state index contributed by atoms with van der Waals surface area (Å²) in [6, 6.07) is 8.69. The molecule has 102 valence electrons. The third-order valence-electron chi connectivity index (χ3n) is 4.07. The Hall–Kier alpha value is -0.990. The zero-order valence-corrected chi connectivity index (χ0v) is 11.9. The minimum absolute atomic E-state index is 0.530. The van der Waals surface area contributed by atoms with E-state index in [4.69, 9.17) is 16.0 Å². The van der Waals surface area contributed by atoms with Gasteiger partial charge in [0.05, 0.1) is 0 Å². The third-order valence-corrected chi connectivity index (χ3v) is 4.38. The lowest BCUT2D eigenvalue weighted by Gasteiger charge is -2.15. The fraction of sp³-hybridized carbons (Fsp3) is 0.500. The normalized spacial score (nSPS) is 17.7. The van der Waals surface area contributed by atoms with Crippen molar-refractivity contribution < 1.29 is 4.42 Å². The number of para-hydroxylation sites is 1. The summed E-state index contributed by atoms with van der Waals surface area (Å²) in [7, 11) is 0. The van der Waals surface area contributed by atoms with Crippen LogP contribution in [0.4, 0.5) is 0 Å². The van der Waals surface area contributed by atoms with Crippen LogP contribution < -0.4 is 5.32 Å². The Labute approximate surface area is 119 Å². The lowest BCUT2D eigenvalue weighted by Crippen LogP contribution is -2.27. The molecule has 1 fully saturated rings. The van der Waals surface area contributed by atoms with E-state index in [1.165, 1.54) is 38.5 Å². The average Bonchev–Trinajstić information content (AvgIpc) is 2.61. The van der Waals surface area contributed by atoms with Gasteiger partial charge in [-0.3, -0.25) is 0 Å². The molecule has 0 bridgehead atoms. The van der Waals surface area contributed by atoms with Crippen molar-refractivity contribution in [2.24, 2.45) is 0 Å². The summed E-state index contributed by atoms with van der Waals surface area (Å²) in [5, 5.41) is 5.32. The number of hydrogen-bond acceptors (Lipinski definition) is 2. The fourth-order valence-corrected chi connectivity index (χ4v) is 3.22. The molecule has 0 unspecified atom stereocenters. The van der Waals surface area contributed by atoms with Gasteiger partial charge >= 0.3 is 0 Å². The smallest absolute Gasteiger partial charge is 0.199 e. The van der Waals surface area contributed by atoms with Gasteiger partial charge in [0, 0.05) is 23.5 Å². The van der Waals surface area contributed by atoms with Crippen molar-refractivity contribution in [1.82, 2.24) is 5.32 Å². The van der Waals surface area contributed by atoms with Crippen molar-refractivity contribution in [3.8, 4) is 0 Å². The second-order valence-electron chi connectivity index (χ2n) is 5.42. The average molecular weight is 278 g/mol. The van der Waals surface area contributed by atoms with Crippen LogP contribution in [0, 0.1) is 0 Å². The molecule has 1 aromatic carbocycles. The van der Waals surface area contributed by atoms with Crippen LogP contribution in [-0.2, 0) is 6.54 Å². The van der Waals surface area contributed by atoms with Gasteiger partial charge < -0.3 is 9.73 Å². The molecule has 1 heterocycles. The quantitative estimate of drug-likeness (QED) is 0.808. The highest BCUT2D eigenvalue weighted by molar-refractivity contribution is 6.30. The summed E-state index contributed by atoms with van der Waals surface area (Å²) in [5.41, 5.74) is 1.98. The predicted molar refractivity (Wildman–Crippen MR) is 79.6 cm³/mol. The first-order valence-electron chi connectivity index (χ1n) is 7.24. The molecular weight excluding hydrogens is 258 g/mol. The van der Waals surface area contributed by atoms with Crippen molar-refractivity contribution in [2.45, 2.75) is 51.1 Å². The first kappa shape index (κ1) is 13.0. The third kappa shape index (κ3) is 2.96. The van der Waals surface area contributed by atoms with Crippen molar-refractivity contribution >= 4 is 22.6 Å². The molecule has 0 saturated heterocycles. The van der Waals surface area contributed by atoms with E-state index in [0.717, 1.165) is 23.1 Å². The standard InChI is InChI=1S/C16H20ClNO/c17-16-14(13-9-5-6-10-15(13)19-16)11-18-12-7-3-1-2-4-8-12/h5-6,9-10,12,18H,1-4,7-8,11H2. The molecule has 1 N–H and O–H groups in total. The summed E-state index contributed by atoms with van der Waals surface area (Å²) in [6.45, 7) is 0.806. The molecule has 0 atom stereocenters. The van der Waals surface area contributed by atoms with Crippen LogP contribution in [0.15, 0.2) is 28.7 Å². The van der Waals surface area contributed by atoms with Crippen LogP contribution in [-0.4, -0.2) is 6.04 Å². The van der Waals surface area contributed by atoms with E-state index in [2.05, 4.69) is 11.4 Å². The molecule has 3 rings (SSSR count). The van der Waals surface area contributed by atoms with Gasteiger partial charge in [-0.25, -0.2) is 0 Å². The van der Waals surface area contributed by atoms with Gasteiger partial charge in [-0.15, -0.1) is 0 Å². The minimum atomic E-state index is 0.530. The molecule has 0 radical (unpaired) electrons. The Bertz CT molecular complexity index is 541. The highest BCUT2D eigenvalue weighted by Gasteiger charge is 2.15. The summed E-state index contributed by atoms with van der Waals surface area (Å²) >= 11 is 6.21. The zero-order chi connectivity index (χ0) is 13.1. The molecule has 1 aromatic heterocycles. The fourth-order valence-electron chi connectivity index (χ4n) is 2.96. The molecular formula is C16H20ClNO. The molecule has 0 spiro atoms. The first-order chi connectivity index (χ1) is 9.34. The van der Waals surface area contributed by atoms with Crippen molar-refractivity contribution in [2.75, 3.05) is 0 Å². The largest absolute Gasteiger partial charge is 0.444 e. The van der Waals surface area contributed by atoms with E-state index in [0.29, 0.717) is 11.3 Å². The highest BCUT2D eigenvalue weighted by Crippen LogP contribution is 2.29. The van der Waals surface area contributed by atoms with Crippen molar-refractivity contribution in [1.29, 1.82) is 0 Å². The van der Waals surface area contributed by atoms with E-state index in [1.54, 1.807) is 0 Å². The molecule has 1 saturated carbocycles. The van der Waals surface area contributed by atoms with Gasteiger partial charge in [0.2, 0.25) is 0 Å². The van der Waals surface area contributed by atoms with Crippen LogP contribution in [0.3, 0.4) is 0 Å². The van der Waals surface area contributed by atoms with E-state index in [9.17, 15) is 0 Å². The highest BCUT2D eigenvalue weighted by atomic mass is 35.5. The van der Waals surface area contributed by atoms with E-state index in [-0.39, 0.29) is 0 Å². The van der Waals surface area contributed by atoms with Crippen LogP contribution in [0.2, 0.25) is 5.22 Å². The second kappa shape index (κ2) is 5.98. The number of nitrogens with one attached hydrogen (secondary N) is 1. The molecule has 2 nitrogen and oxygen atoms in total. The van der Waals surface area contributed by atoms with Crippen LogP contribution >= 0.6 is 11.6 Å². The lowest BCUT2D eigenvalue weighted by molar-refractivity contribution is 0.458. The minimum Gasteiger partial charge on any atom is -0.444 e. The molecule has 3 heteroatoms. The molecule has 0 amide bonds. The van der Waals surface area contributed by atoms with Crippen LogP contribution in [0.25, 0.3) is 11.0 Å². The summed E-state index contributed by atoms with van der Waals surface area (Å²) < 4.78 is 5.59. The van der Waals surface area contributed by atoms with Gasteiger partial charge in [0.1, 0.15) is 5.58 Å². The molecule has 1 aliphatic carbocycles. The number of fused-ring (bicyclic) bond motifs is 1. The van der Waals surface area contributed by atoms with E-state index < -0.39 is 0 Å². The maximum Gasteiger partial charge on any atom is 0.199 e. The maximum atomic E-state index is 6.21.